The summed E-state index contributed by atoms with van der Waals surface area (Å²) in [5.74, 6) is -0.344. The van der Waals surface area contributed by atoms with Crippen LogP contribution in [0.3, 0.4) is 0 Å². The van der Waals surface area contributed by atoms with E-state index in [-0.39, 0.29) is 11.8 Å². The van der Waals surface area contributed by atoms with E-state index >= 15 is 0 Å². The van der Waals surface area contributed by atoms with E-state index in [1.54, 1.807) is 47.4 Å². The van der Waals surface area contributed by atoms with Crippen molar-refractivity contribution in [2.24, 2.45) is 0 Å². The predicted octanol–water partition coefficient (Wildman–Crippen LogP) is 4.73. The monoisotopic (exact) mass is 364 g/mol. The second-order valence-electron chi connectivity index (χ2n) is 5.17. The maximum Gasteiger partial charge on any atom is 0.255 e. The zero-order chi connectivity index (χ0) is 17.7. The molecular weight excluding hydrogens is 347 g/mol. The topological polar surface area (TPSA) is 49.4 Å². The number of nitrogens with zero attached hydrogens (tertiary/aromatic N) is 1. The molecular formula is C18H18Cl2N2O2. The van der Waals surface area contributed by atoms with Crippen molar-refractivity contribution in [2.75, 3.05) is 18.4 Å². The van der Waals surface area contributed by atoms with Crippen molar-refractivity contribution in [1.29, 1.82) is 0 Å². The number of amides is 2. The number of benzene rings is 2. The smallest absolute Gasteiger partial charge is 0.255 e. The molecule has 0 fully saturated rings. The van der Waals surface area contributed by atoms with Gasteiger partial charge in [-0.3, -0.25) is 9.59 Å². The van der Waals surface area contributed by atoms with Gasteiger partial charge in [0.15, 0.2) is 0 Å². The molecule has 0 saturated heterocycles. The Morgan fingerprint density at radius 2 is 1.42 bits per heavy atom. The molecule has 24 heavy (non-hydrogen) atoms. The summed E-state index contributed by atoms with van der Waals surface area (Å²) in [4.78, 5) is 26.2. The zero-order valence-corrected chi connectivity index (χ0v) is 15.0. The third kappa shape index (κ3) is 4.49. The number of halogens is 2. The van der Waals surface area contributed by atoms with Gasteiger partial charge in [0.05, 0.1) is 0 Å². The Bertz CT molecular complexity index is 721. The molecule has 4 nitrogen and oxygen atoms in total. The molecule has 0 heterocycles. The van der Waals surface area contributed by atoms with Crippen LogP contribution < -0.4 is 5.32 Å². The third-order valence-electron chi connectivity index (χ3n) is 3.57. The van der Waals surface area contributed by atoms with Gasteiger partial charge >= 0.3 is 0 Å². The highest BCUT2D eigenvalue weighted by Crippen LogP contribution is 2.23. The number of hydrogen-bond donors (Lipinski definition) is 1. The number of carbonyl (C=O) groups is 2. The zero-order valence-electron chi connectivity index (χ0n) is 13.5. The molecule has 0 aliphatic heterocycles. The Morgan fingerprint density at radius 1 is 0.917 bits per heavy atom. The van der Waals surface area contributed by atoms with Gasteiger partial charge in [0.1, 0.15) is 0 Å². The number of rotatable bonds is 5. The van der Waals surface area contributed by atoms with Crippen LogP contribution >= 0.6 is 23.2 Å². The number of hydrogen-bond acceptors (Lipinski definition) is 2. The minimum atomic E-state index is -0.296. The minimum absolute atomic E-state index is 0.0476. The molecule has 0 radical (unpaired) electrons. The molecule has 0 atom stereocenters. The molecule has 2 aromatic rings. The second-order valence-corrected chi connectivity index (χ2v) is 6.04. The maximum absolute atomic E-state index is 12.3. The van der Waals surface area contributed by atoms with E-state index in [1.807, 2.05) is 13.8 Å². The van der Waals surface area contributed by atoms with Crippen molar-refractivity contribution in [3.63, 3.8) is 0 Å². The van der Waals surface area contributed by atoms with E-state index in [1.165, 1.54) is 0 Å². The molecule has 6 heteroatoms. The van der Waals surface area contributed by atoms with Crippen molar-refractivity contribution >= 4 is 40.7 Å². The highest BCUT2D eigenvalue weighted by molar-refractivity contribution is 6.35. The predicted molar refractivity (Wildman–Crippen MR) is 98.1 cm³/mol. The molecule has 2 amide bonds. The summed E-state index contributed by atoms with van der Waals surface area (Å²) in [6, 6.07) is 11.4. The third-order valence-corrected chi connectivity index (χ3v) is 4.00. The first-order chi connectivity index (χ1) is 11.4. The molecule has 0 aliphatic rings. The highest BCUT2D eigenvalue weighted by Gasteiger charge is 2.13. The molecule has 2 rings (SSSR count). The summed E-state index contributed by atoms with van der Waals surface area (Å²) in [5, 5.41) is 3.62. The number of carbonyl (C=O) groups excluding carboxylic acids is 2. The van der Waals surface area contributed by atoms with Crippen LogP contribution in [0.5, 0.6) is 0 Å². The highest BCUT2D eigenvalue weighted by atomic mass is 35.5. The van der Waals surface area contributed by atoms with Crippen LogP contribution in [0.25, 0.3) is 0 Å². The first-order valence-corrected chi connectivity index (χ1v) is 8.37. The quantitative estimate of drug-likeness (QED) is 0.833. The fourth-order valence-electron chi connectivity index (χ4n) is 2.29. The summed E-state index contributed by atoms with van der Waals surface area (Å²) in [7, 11) is 0. The van der Waals surface area contributed by atoms with Crippen molar-refractivity contribution in [3.05, 3.63) is 63.6 Å². The molecule has 126 valence electrons. The van der Waals surface area contributed by atoms with Crippen LogP contribution in [0, 0.1) is 0 Å². The van der Waals surface area contributed by atoms with Gasteiger partial charge in [0.25, 0.3) is 11.8 Å². The first-order valence-electron chi connectivity index (χ1n) is 7.61. The lowest BCUT2D eigenvalue weighted by atomic mass is 10.1. The lowest BCUT2D eigenvalue weighted by molar-refractivity contribution is 0.0772. The van der Waals surface area contributed by atoms with Gasteiger partial charge in [0.2, 0.25) is 0 Å². The largest absolute Gasteiger partial charge is 0.339 e. The van der Waals surface area contributed by atoms with E-state index in [4.69, 9.17) is 23.2 Å². The summed E-state index contributed by atoms with van der Waals surface area (Å²) in [6.45, 7) is 5.15. The number of nitrogens with one attached hydrogen (secondary N) is 1. The van der Waals surface area contributed by atoms with Crippen molar-refractivity contribution < 1.29 is 9.59 Å². The minimum Gasteiger partial charge on any atom is -0.339 e. The molecule has 0 unspecified atom stereocenters. The normalized spacial score (nSPS) is 10.3. The van der Waals surface area contributed by atoms with Crippen LogP contribution in [0.1, 0.15) is 34.6 Å². The van der Waals surface area contributed by atoms with Crippen LogP contribution in [0.2, 0.25) is 10.0 Å². The molecule has 0 spiro atoms. The summed E-state index contributed by atoms with van der Waals surface area (Å²) >= 11 is 11.8. The van der Waals surface area contributed by atoms with Crippen molar-refractivity contribution in [1.82, 2.24) is 4.90 Å². The first kappa shape index (κ1) is 18.3. The molecule has 1 N–H and O–H groups in total. The van der Waals surface area contributed by atoms with Crippen LogP contribution in [-0.2, 0) is 0 Å². The standard InChI is InChI=1S/C18H18Cl2N2O2/c1-3-22(4-2)18(24)13-7-5-12(6-8-13)17(23)21-16-10-14(19)9-15(20)11-16/h5-11H,3-4H2,1-2H3,(H,21,23). The van der Waals surface area contributed by atoms with Gasteiger partial charge in [-0.05, 0) is 56.3 Å². The molecule has 2 aromatic carbocycles. The van der Waals surface area contributed by atoms with Gasteiger partial charge in [-0.15, -0.1) is 0 Å². The lowest BCUT2D eigenvalue weighted by Crippen LogP contribution is -2.30. The average Bonchev–Trinajstić information content (AvgIpc) is 2.55. The number of anilines is 1. The average molecular weight is 365 g/mol. The van der Waals surface area contributed by atoms with Gasteiger partial charge in [-0.25, -0.2) is 0 Å². The van der Waals surface area contributed by atoms with Crippen molar-refractivity contribution in [3.8, 4) is 0 Å². The SMILES string of the molecule is CCN(CC)C(=O)c1ccc(C(=O)Nc2cc(Cl)cc(Cl)c2)cc1. The fraction of sp³-hybridized carbons (Fsp3) is 0.222. The van der Waals surface area contributed by atoms with E-state index in [0.717, 1.165) is 0 Å². The fourth-order valence-corrected chi connectivity index (χ4v) is 2.81. The van der Waals surface area contributed by atoms with Gasteiger partial charge in [0, 0.05) is 39.9 Å². The summed E-state index contributed by atoms with van der Waals surface area (Å²) < 4.78 is 0. The Kier molecular flexibility index (Phi) is 6.23. The molecule has 0 bridgehead atoms. The van der Waals surface area contributed by atoms with Crippen LogP contribution in [0.15, 0.2) is 42.5 Å². The van der Waals surface area contributed by atoms with Gasteiger partial charge in [-0.2, -0.15) is 0 Å². The summed E-state index contributed by atoms with van der Waals surface area (Å²) in [6.07, 6.45) is 0. The lowest BCUT2D eigenvalue weighted by Gasteiger charge is -2.18. The molecule has 0 aliphatic carbocycles. The van der Waals surface area contributed by atoms with E-state index in [0.29, 0.717) is 39.9 Å². The van der Waals surface area contributed by atoms with E-state index < -0.39 is 0 Å². The van der Waals surface area contributed by atoms with E-state index in [2.05, 4.69) is 5.32 Å². The Morgan fingerprint density at radius 3 is 1.92 bits per heavy atom. The second kappa shape index (κ2) is 8.18. The Hall–Kier alpha value is -2.04. The maximum atomic E-state index is 12.3. The van der Waals surface area contributed by atoms with E-state index in [9.17, 15) is 9.59 Å². The van der Waals surface area contributed by atoms with Crippen LogP contribution in [-0.4, -0.2) is 29.8 Å². The van der Waals surface area contributed by atoms with Gasteiger partial charge in [-0.1, -0.05) is 23.2 Å². The molecule has 0 aromatic heterocycles. The van der Waals surface area contributed by atoms with Crippen LogP contribution in [0.4, 0.5) is 5.69 Å². The summed E-state index contributed by atoms with van der Waals surface area (Å²) in [5.41, 5.74) is 1.52. The molecule has 0 saturated carbocycles. The van der Waals surface area contributed by atoms with Gasteiger partial charge < -0.3 is 10.2 Å². The Labute approximate surface area is 151 Å². The Balaban J connectivity index is 2.12. The van der Waals surface area contributed by atoms with Crippen molar-refractivity contribution in [2.45, 2.75) is 13.8 Å².